The molecule has 1 heterocycles. The Hall–Kier alpha value is -2.60. The van der Waals surface area contributed by atoms with Crippen LogP contribution in [0.3, 0.4) is 0 Å². The summed E-state index contributed by atoms with van der Waals surface area (Å²) in [6, 6.07) is 18.1. The molecule has 3 aromatic rings. The van der Waals surface area contributed by atoms with E-state index in [2.05, 4.69) is 48.4 Å². The molecule has 0 fully saturated rings. The number of aromatic nitrogens is 2. The van der Waals surface area contributed by atoms with E-state index >= 15 is 0 Å². The summed E-state index contributed by atoms with van der Waals surface area (Å²) >= 11 is 1.25. The first kappa shape index (κ1) is 20.1. The van der Waals surface area contributed by atoms with Gasteiger partial charge in [-0.25, -0.2) is 0 Å². The number of nitrogens with one attached hydrogen (secondary N) is 1. The number of hydrogen-bond donors (Lipinski definition) is 1. The summed E-state index contributed by atoms with van der Waals surface area (Å²) in [5, 5.41) is 11.6. The third-order valence-corrected chi connectivity index (χ3v) is 5.30. The maximum Gasteiger partial charge on any atom is 0.277 e. The van der Waals surface area contributed by atoms with E-state index in [4.69, 9.17) is 4.42 Å². The molecular formula is C22H25N3O2S. The third-order valence-electron chi connectivity index (χ3n) is 4.48. The highest BCUT2D eigenvalue weighted by Gasteiger charge is 2.14. The Morgan fingerprint density at radius 1 is 1.04 bits per heavy atom. The second-order valence-electron chi connectivity index (χ2n) is 7.06. The topological polar surface area (TPSA) is 68.0 Å². The molecular weight excluding hydrogens is 370 g/mol. The zero-order valence-corrected chi connectivity index (χ0v) is 17.2. The molecule has 0 spiro atoms. The summed E-state index contributed by atoms with van der Waals surface area (Å²) in [6.07, 6.45) is 0.672. The van der Waals surface area contributed by atoms with Gasteiger partial charge in [0, 0.05) is 12.1 Å². The van der Waals surface area contributed by atoms with E-state index in [0.29, 0.717) is 23.5 Å². The fraction of sp³-hybridized carbons (Fsp3) is 0.318. The number of carbonyl (C=O) groups is 1. The molecule has 1 N–H and O–H groups in total. The van der Waals surface area contributed by atoms with Crippen LogP contribution in [0.2, 0.25) is 0 Å². The van der Waals surface area contributed by atoms with Crippen LogP contribution in [-0.2, 0) is 11.2 Å². The Bertz CT molecular complexity index is 909. The molecule has 0 aliphatic rings. The zero-order valence-electron chi connectivity index (χ0n) is 16.4. The van der Waals surface area contributed by atoms with E-state index in [1.165, 1.54) is 17.3 Å². The van der Waals surface area contributed by atoms with Crippen molar-refractivity contribution in [3.05, 3.63) is 71.6 Å². The molecule has 0 radical (unpaired) electrons. The van der Waals surface area contributed by atoms with Gasteiger partial charge in [-0.3, -0.25) is 4.79 Å². The van der Waals surface area contributed by atoms with Crippen LogP contribution in [-0.4, -0.2) is 21.9 Å². The molecule has 1 amide bonds. The van der Waals surface area contributed by atoms with E-state index in [0.717, 1.165) is 11.3 Å². The Kier molecular flexibility index (Phi) is 6.87. The van der Waals surface area contributed by atoms with Gasteiger partial charge in [-0.2, -0.15) is 0 Å². The van der Waals surface area contributed by atoms with Crippen LogP contribution in [0.15, 0.2) is 64.2 Å². The number of rotatable bonds is 8. The van der Waals surface area contributed by atoms with Crippen LogP contribution in [0.4, 0.5) is 5.69 Å². The van der Waals surface area contributed by atoms with Crippen LogP contribution < -0.4 is 5.32 Å². The Labute approximate surface area is 170 Å². The minimum absolute atomic E-state index is 0.0875. The Morgan fingerprint density at radius 3 is 2.50 bits per heavy atom. The molecule has 28 heavy (non-hydrogen) atoms. The van der Waals surface area contributed by atoms with Crippen LogP contribution >= 0.6 is 11.8 Å². The summed E-state index contributed by atoms with van der Waals surface area (Å²) < 4.78 is 5.70. The van der Waals surface area contributed by atoms with Gasteiger partial charge in [-0.1, -0.05) is 81.1 Å². The number of thioether (sulfide) groups is 1. The van der Waals surface area contributed by atoms with Gasteiger partial charge in [-0.05, 0) is 29.0 Å². The molecule has 1 unspecified atom stereocenters. The minimum atomic E-state index is -0.0875. The SMILES string of the molecule is CC(C)c1ccccc1NC(=O)CSc1nnc(CC(C)c2ccccc2)o1. The first-order valence-electron chi connectivity index (χ1n) is 9.42. The lowest BCUT2D eigenvalue weighted by Crippen LogP contribution is -2.15. The minimum Gasteiger partial charge on any atom is -0.416 e. The fourth-order valence-corrected chi connectivity index (χ4v) is 3.55. The number of nitrogens with zero attached hydrogens (tertiary/aromatic N) is 2. The first-order valence-corrected chi connectivity index (χ1v) is 10.4. The number of para-hydroxylation sites is 1. The smallest absolute Gasteiger partial charge is 0.277 e. The molecule has 0 aliphatic heterocycles. The van der Waals surface area contributed by atoms with Crippen LogP contribution in [0.25, 0.3) is 0 Å². The average Bonchev–Trinajstić information content (AvgIpc) is 3.14. The van der Waals surface area contributed by atoms with E-state index in [-0.39, 0.29) is 17.6 Å². The molecule has 0 bridgehead atoms. The number of carbonyl (C=O) groups excluding carboxylic acids is 1. The molecule has 0 saturated heterocycles. The second-order valence-corrected chi connectivity index (χ2v) is 7.98. The largest absolute Gasteiger partial charge is 0.416 e. The summed E-state index contributed by atoms with van der Waals surface area (Å²) in [7, 11) is 0. The van der Waals surface area contributed by atoms with Crippen molar-refractivity contribution in [2.45, 2.75) is 44.3 Å². The van der Waals surface area contributed by atoms with E-state index in [1.807, 2.05) is 42.5 Å². The monoisotopic (exact) mass is 395 g/mol. The Morgan fingerprint density at radius 2 is 1.75 bits per heavy atom. The van der Waals surface area contributed by atoms with Crippen molar-refractivity contribution in [2.24, 2.45) is 0 Å². The molecule has 2 aromatic carbocycles. The Balaban J connectivity index is 1.52. The summed E-state index contributed by atoms with van der Waals surface area (Å²) in [5.41, 5.74) is 3.21. The molecule has 5 nitrogen and oxygen atoms in total. The lowest BCUT2D eigenvalue weighted by Gasteiger charge is -2.13. The predicted octanol–water partition coefficient (Wildman–Crippen LogP) is 5.27. The van der Waals surface area contributed by atoms with Crippen molar-refractivity contribution in [3.63, 3.8) is 0 Å². The van der Waals surface area contributed by atoms with Gasteiger partial charge in [-0.15, -0.1) is 10.2 Å². The van der Waals surface area contributed by atoms with E-state index in [9.17, 15) is 4.79 Å². The molecule has 146 valence electrons. The zero-order chi connectivity index (χ0) is 19.9. The standard InChI is InChI=1S/C22H25N3O2S/c1-15(2)18-11-7-8-12-19(18)23-20(26)14-28-22-25-24-21(27-22)13-16(3)17-9-5-4-6-10-17/h4-12,15-16H,13-14H2,1-3H3,(H,23,26). The third kappa shape index (κ3) is 5.45. The van der Waals surface area contributed by atoms with E-state index < -0.39 is 0 Å². The number of anilines is 1. The van der Waals surface area contributed by atoms with Crippen LogP contribution in [0.1, 0.15) is 49.6 Å². The average molecular weight is 396 g/mol. The highest BCUT2D eigenvalue weighted by atomic mass is 32.2. The van der Waals surface area contributed by atoms with E-state index in [1.54, 1.807) is 0 Å². The number of amides is 1. The quantitative estimate of drug-likeness (QED) is 0.526. The molecule has 1 atom stereocenters. The summed E-state index contributed by atoms with van der Waals surface area (Å²) in [6.45, 7) is 6.35. The lowest BCUT2D eigenvalue weighted by atomic mass is 9.98. The predicted molar refractivity (Wildman–Crippen MR) is 113 cm³/mol. The van der Waals surface area contributed by atoms with Crippen molar-refractivity contribution in [1.82, 2.24) is 10.2 Å². The second kappa shape index (κ2) is 9.55. The summed E-state index contributed by atoms with van der Waals surface area (Å²) in [5.74, 6) is 1.35. The molecule has 3 rings (SSSR count). The van der Waals surface area contributed by atoms with Gasteiger partial charge in [0.2, 0.25) is 11.8 Å². The van der Waals surface area contributed by atoms with Crippen molar-refractivity contribution in [1.29, 1.82) is 0 Å². The maximum absolute atomic E-state index is 12.3. The lowest BCUT2D eigenvalue weighted by molar-refractivity contribution is -0.113. The number of hydrogen-bond acceptors (Lipinski definition) is 5. The van der Waals surface area contributed by atoms with Crippen LogP contribution in [0, 0.1) is 0 Å². The molecule has 0 saturated carbocycles. The molecule has 6 heteroatoms. The highest BCUT2D eigenvalue weighted by molar-refractivity contribution is 7.99. The first-order chi connectivity index (χ1) is 13.5. The van der Waals surface area contributed by atoms with Gasteiger partial charge in [0.05, 0.1) is 5.75 Å². The van der Waals surface area contributed by atoms with Gasteiger partial charge in [0.1, 0.15) is 0 Å². The van der Waals surface area contributed by atoms with Crippen molar-refractivity contribution >= 4 is 23.4 Å². The van der Waals surface area contributed by atoms with Gasteiger partial charge in [0.25, 0.3) is 5.22 Å². The molecule has 0 aliphatic carbocycles. The summed E-state index contributed by atoms with van der Waals surface area (Å²) in [4.78, 5) is 12.3. The van der Waals surface area contributed by atoms with Crippen LogP contribution in [0.5, 0.6) is 0 Å². The van der Waals surface area contributed by atoms with Crippen molar-refractivity contribution in [3.8, 4) is 0 Å². The van der Waals surface area contributed by atoms with Crippen molar-refractivity contribution in [2.75, 3.05) is 11.1 Å². The van der Waals surface area contributed by atoms with Crippen molar-refractivity contribution < 1.29 is 9.21 Å². The van der Waals surface area contributed by atoms with Gasteiger partial charge < -0.3 is 9.73 Å². The highest BCUT2D eigenvalue weighted by Crippen LogP contribution is 2.25. The fourth-order valence-electron chi connectivity index (χ4n) is 2.97. The normalized spacial score (nSPS) is 12.1. The molecule has 1 aromatic heterocycles. The maximum atomic E-state index is 12.3. The number of benzene rings is 2. The van der Waals surface area contributed by atoms with Gasteiger partial charge in [0.15, 0.2) is 0 Å². The van der Waals surface area contributed by atoms with Gasteiger partial charge >= 0.3 is 0 Å².